The molecule has 1 aliphatic carbocycles. The first-order chi connectivity index (χ1) is 5.93. The predicted octanol–water partition coefficient (Wildman–Crippen LogP) is 4.00. The smallest absolute Gasteiger partial charge is 0.166 e. The second-order valence-corrected chi connectivity index (χ2v) is 3.41. The maximum Gasteiger partial charge on any atom is 0.416 e. The standard InChI is InChI=1S/C10H13F3/c1-7(8(2)10(11,12)13)9-5-3-4-6-9/h2-6H2,1H3. The van der Waals surface area contributed by atoms with Crippen molar-refractivity contribution >= 4 is 0 Å². The molecule has 0 aromatic heterocycles. The zero-order valence-corrected chi connectivity index (χ0v) is 7.67. The molecule has 0 N–H and O–H groups in total. The highest BCUT2D eigenvalue weighted by molar-refractivity contribution is 5.35. The van der Waals surface area contributed by atoms with Crippen LogP contribution in [0.2, 0.25) is 0 Å². The molecule has 0 aliphatic heterocycles. The number of halogens is 3. The third-order valence-electron chi connectivity index (χ3n) is 2.53. The second kappa shape index (κ2) is 3.56. The molecule has 1 rings (SSSR count). The summed E-state index contributed by atoms with van der Waals surface area (Å²) < 4.78 is 36.7. The highest BCUT2D eigenvalue weighted by atomic mass is 19.4. The van der Waals surface area contributed by atoms with Crippen LogP contribution in [-0.4, -0.2) is 6.18 Å². The summed E-state index contributed by atoms with van der Waals surface area (Å²) in [7, 11) is 0. The molecule has 3 heteroatoms. The van der Waals surface area contributed by atoms with Crippen LogP contribution >= 0.6 is 0 Å². The van der Waals surface area contributed by atoms with Crippen LogP contribution in [0.25, 0.3) is 0 Å². The lowest BCUT2D eigenvalue weighted by Crippen LogP contribution is -2.12. The minimum Gasteiger partial charge on any atom is -0.166 e. The summed E-state index contributed by atoms with van der Waals surface area (Å²) in [4.78, 5) is 0. The molecule has 1 aliphatic rings. The minimum absolute atomic E-state index is 0.352. The van der Waals surface area contributed by atoms with Gasteiger partial charge in [-0.05, 0) is 38.2 Å². The summed E-state index contributed by atoms with van der Waals surface area (Å²) in [6, 6.07) is 0. The number of alkyl halides is 3. The molecule has 0 aromatic carbocycles. The summed E-state index contributed by atoms with van der Waals surface area (Å²) in [6.45, 7) is 4.61. The molecule has 0 amide bonds. The molecule has 0 radical (unpaired) electrons. The molecule has 1 saturated carbocycles. The molecule has 0 aromatic rings. The monoisotopic (exact) mass is 190 g/mol. The Hall–Kier alpha value is -0.730. The summed E-state index contributed by atoms with van der Waals surface area (Å²) in [6.07, 6.45) is -0.628. The molecule has 13 heavy (non-hydrogen) atoms. The Morgan fingerprint density at radius 1 is 1.23 bits per heavy atom. The van der Waals surface area contributed by atoms with E-state index in [1.165, 1.54) is 6.92 Å². The topological polar surface area (TPSA) is 0 Å². The fraction of sp³-hybridized carbons (Fsp3) is 0.600. The van der Waals surface area contributed by atoms with E-state index in [-0.39, 0.29) is 0 Å². The van der Waals surface area contributed by atoms with Crippen LogP contribution in [0.3, 0.4) is 0 Å². The van der Waals surface area contributed by atoms with Crippen molar-refractivity contribution in [1.82, 2.24) is 0 Å². The van der Waals surface area contributed by atoms with Gasteiger partial charge in [0.2, 0.25) is 0 Å². The van der Waals surface area contributed by atoms with E-state index in [9.17, 15) is 13.2 Å². The lowest BCUT2D eigenvalue weighted by Gasteiger charge is -2.12. The van der Waals surface area contributed by atoms with Crippen LogP contribution in [0.1, 0.15) is 32.6 Å². The van der Waals surface area contributed by atoms with Crippen LogP contribution < -0.4 is 0 Å². The Labute approximate surface area is 76.1 Å². The molecule has 0 saturated heterocycles. The van der Waals surface area contributed by atoms with Crippen molar-refractivity contribution in [3.63, 3.8) is 0 Å². The van der Waals surface area contributed by atoms with Gasteiger partial charge in [0.05, 0.1) is 5.57 Å². The predicted molar refractivity (Wildman–Crippen MR) is 46.4 cm³/mol. The first-order valence-corrected chi connectivity index (χ1v) is 4.38. The molecular formula is C10H13F3. The van der Waals surface area contributed by atoms with E-state index in [1.54, 1.807) is 0 Å². The normalized spacial score (nSPS) is 17.7. The molecule has 0 bridgehead atoms. The zero-order valence-electron chi connectivity index (χ0n) is 7.67. The van der Waals surface area contributed by atoms with Gasteiger partial charge in [0.15, 0.2) is 0 Å². The quantitative estimate of drug-likeness (QED) is 0.586. The molecule has 0 atom stereocenters. The van der Waals surface area contributed by atoms with Crippen molar-refractivity contribution < 1.29 is 13.2 Å². The SMILES string of the molecule is C=C(C(C)=C1CCCC1)C(F)(F)F. The van der Waals surface area contributed by atoms with Crippen LogP contribution in [0, 0.1) is 0 Å². The van der Waals surface area contributed by atoms with Gasteiger partial charge in [-0.2, -0.15) is 13.2 Å². The van der Waals surface area contributed by atoms with Crippen molar-refractivity contribution in [3.05, 3.63) is 23.3 Å². The highest BCUT2D eigenvalue weighted by Crippen LogP contribution is 2.35. The van der Waals surface area contributed by atoms with Crippen molar-refractivity contribution in [2.24, 2.45) is 0 Å². The fourth-order valence-electron chi connectivity index (χ4n) is 1.60. The van der Waals surface area contributed by atoms with Crippen molar-refractivity contribution in [2.45, 2.75) is 38.8 Å². The highest BCUT2D eigenvalue weighted by Gasteiger charge is 2.33. The van der Waals surface area contributed by atoms with Crippen LogP contribution in [-0.2, 0) is 0 Å². The number of hydrogen-bond donors (Lipinski definition) is 0. The molecule has 0 unspecified atom stereocenters. The molecule has 0 nitrogen and oxygen atoms in total. The Kier molecular flexibility index (Phi) is 2.84. The summed E-state index contributed by atoms with van der Waals surface area (Å²) in [5, 5.41) is 0. The summed E-state index contributed by atoms with van der Waals surface area (Å²) >= 11 is 0. The van der Waals surface area contributed by atoms with Gasteiger partial charge < -0.3 is 0 Å². The molecule has 1 fully saturated rings. The average Bonchev–Trinajstić information content (AvgIpc) is 2.51. The number of rotatable bonds is 1. The summed E-state index contributed by atoms with van der Waals surface area (Å²) in [5.41, 5.74) is 0.608. The van der Waals surface area contributed by atoms with Gasteiger partial charge in [0.1, 0.15) is 0 Å². The average molecular weight is 190 g/mol. The zero-order chi connectivity index (χ0) is 10.1. The van der Waals surface area contributed by atoms with Gasteiger partial charge in [0.25, 0.3) is 0 Å². The van der Waals surface area contributed by atoms with Crippen LogP contribution in [0.15, 0.2) is 23.3 Å². The van der Waals surface area contributed by atoms with Crippen LogP contribution in [0.4, 0.5) is 13.2 Å². The lowest BCUT2D eigenvalue weighted by atomic mass is 10.0. The number of hydrogen-bond acceptors (Lipinski definition) is 0. The first kappa shape index (κ1) is 10.4. The van der Waals surface area contributed by atoms with Gasteiger partial charge in [-0.25, -0.2) is 0 Å². The van der Waals surface area contributed by atoms with E-state index in [0.29, 0.717) is 5.57 Å². The van der Waals surface area contributed by atoms with Gasteiger partial charge in [-0.1, -0.05) is 12.2 Å². The Morgan fingerprint density at radius 2 is 1.69 bits per heavy atom. The van der Waals surface area contributed by atoms with Crippen molar-refractivity contribution in [2.75, 3.05) is 0 Å². The Bertz CT molecular complexity index is 237. The van der Waals surface area contributed by atoms with Gasteiger partial charge in [-0.15, -0.1) is 0 Å². The lowest BCUT2D eigenvalue weighted by molar-refractivity contribution is -0.0890. The van der Waals surface area contributed by atoms with Gasteiger partial charge >= 0.3 is 6.18 Å². The maximum atomic E-state index is 12.2. The van der Waals surface area contributed by atoms with E-state index < -0.39 is 11.7 Å². The largest absolute Gasteiger partial charge is 0.416 e. The molecule has 0 spiro atoms. The molecular weight excluding hydrogens is 177 g/mol. The van der Waals surface area contributed by atoms with Crippen LogP contribution in [0.5, 0.6) is 0 Å². The Balaban J connectivity index is 2.83. The van der Waals surface area contributed by atoms with Crippen molar-refractivity contribution in [1.29, 1.82) is 0 Å². The minimum atomic E-state index is -4.26. The fourth-order valence-corrected chi connectivity index (χ4v) is 1.60. The molecule has 0 heterocycles. The van der Waals surface area contributed by atoms with E-state index in [0.717, 1.165) is 31.3 Å². The van der Waals surface area contributed by atoms with E-state index in [4.69, 9.17) is 0 Å². The maximum absolute atomic E-state index is 12.2. The Morgan fingerprint density at radius 3 is 2.08 bits per heavy atom. The third-order valence-corrected chi connectivity index (χ3v) is 2.53. The molecule has 74 valence electrons. The third kappa shape index (κ3) is 2.36. The van der Waals surface area contributed by atoms with Gasteiger partial charge in [-0.3, -0.25) is 0 Å². The van der Waals surface area contributed by atoms with E-state index in [1.807, 2.05) is 0 Å². The van der Waals surface area contributed by atoms with E-state index >= 15 is 0 Å². The van der Waals surface area contributed by atoms with E-state index in [2.05, 4.69) is 6.58 Å². The van der Waals surface area contributed by atoms with Crippen molar-refractivity contribution in [3.8, 4) is 0 Å². The van der Waals surface area contributed by atoms with Gasteiger partial charge in [0, 0.05) is 0 Å². The summed E-state index contributed by atoms with van der Waals surface area (Å²) in [5.74, 6) is 0. The first-order valence-electron chi connectivity index (χ1n) is 4.38. The second-order valence-electron chi connectivity index (χ2n) is 3.41. The number of allylic oxidation sites excluding steroid dienone is 3.